The fourth-order valence-corrected chi connectivity index (χ4v) is 1.37. The van der Waals surface area contributed by atoms with E-state index >= 15 is 0 Å². The second kappa shape index (κ2) is 3.02. The van der Waals surface area contributed by atoms with Crippen molar-refractivity contribution >= 4 is 5.57 Å². The third-order valence-electron chi connectivity index (χ3n) is 2.24. The molecular weight excluding hydrogens is 148 g/mol. The highest BCUT2D eigenvalue weighted by atomic mass is 16.5. The molecule has 0 aromatic heterocycles. The standard InChI is InChI=1S/C11H12O/c1-12-11-7-3-6-10(8-11)9-4-2-5-9/h3-4,6-8H,2,5H2,1H3. The smallest absolute Gasteiger partial charge is 0.119 e. The summed E-state index contributed by atoms with van der Waals surface area (Å²) in [6, 6.07) is 8.23. The molecule has 0 unspecified atom stereocenters. The maximum absolute atomic E-state index is 5.15. The molecule has 0 aliphatic heterocycles. The molecule has 0 atom stereocenters. The van der Waals surface area contributed by atoms with E-state index < -0.39 is 0 Å². The molecule has 0 radical (unpaired) electrons. The van der Waals surface area contributed by atoms with Gasteiger partial charge in [0.2, 0.25) is 0 Å². The van der Waals surface area contributed by atoms with Gasteiger partial charge >= 0.3 is 0 Å². The highest BCUT2D eigenvalue weighted by Crippen LogP contribution is 2.30. The van der Waals surface area contributed by atoms with E-state index in [1.54, 1.807) is 7.11 Å². The van der Waals surface area contributed by atoms with Crippen molar-refractivity contribution in [2.24, 2.45) is 0 Å². The summed E-state index contributed by atoms with van der Waals surface area (Å²) in [5.41, 5.74) is 2.76. The maximum Gasteiger partial charge on any atom is 0.119 e. The number of ether oxygens (including phenoxy) is 1. The Hall–Kier alpha value is -1.24. The van der Waals surface area contributed by atoms with E-state index in [9.17, 15) is 0 Å². The van der Waals surface area contributed by atoms with E-state index in [1.165, 1.54) is 24.0 Å². The Morgan fingerprint density at radius 2 is 2.17 bits per heavy atom. The molecule has 0 amide bonds. The molecule has 0 bridgehead atoms. The molecule has 1 aliphatic carbocycles. The van der Waals surface area contributed by atoms with Crippen molar-refractivity contribution in [3.05, 3.63) is 35.9 Å². The predicted octanol–water partition coefficient (Wildman–Crippen LogP) is 2.87. The molecular formula is C11H12O. The molecule has 0 spiro atoms. The van der Waals surface area contributed by atoms with Crippen LogP contribution >= 0.6 is 0 Å². The topological polar surface area (TPSA) is 9.23 Å². The van der Waals surface area contributed by atoms with Gasteiger partial charge in [-0.2, -0.15) is 0 Å². The second-order valence-corrected chi connectivity index (χ2v) is 3.00. The third-order valence-corrected chi connectivity index (χ3v) is 2.24. The zero-order valence-corrected chi connectivity index (χ0v) is 7.21. The zero-order chi connectivity index (χ0) is 8.39. The van der Waals surface area contributed by atoms with Gasteiger partial charge in [0.05, 0.1) is 7.11 Å². The Kier molecular flexibility index (Phi) is 1.86. The van der Waals surface area contributed by atoms with Crippen molar-refractivity contribution in [1.82, 2.24) is 0 Å². The first-order valence-electron chi connectivity index (χ1n) is 4.23. The normalized spacial score (nSPS) is 14.9. The highest BCUT2D eigenvalue weighted by Gasteiger charge is 2.08. The van der Waals surface area contributed by atoms with Crippen LogP contribution in [0.15, 0.2) is 30.3 Å². The predicted molar refractivity (Wildman–Crippen MR) is 50.2 cm³/mol. The Bertz CT molecular complexity index is 313. The molecule has 0 heterocycles. The number of benzene rings is 1. The lowest BCUT2D eigenvalue weighted by atomic mass is 9.92. The van der Waals surface area contributed by atoms with Crippen LogP contribution in [0, 0.1) is 0 Å². The first kappa shape index (κ1) is 7.41. The van der Waals surface area contributed by atoms with Crippen molar-refractivity contribution < 1.29 is 4.74 Å². The molecule has 1 aromatic rings. The van der Waals surface area contributed by atoms with E-state index in [0.29, 0.717) is 0 Å². The Labute approximate surface area is 72.7 Å². The lowest BCUT2D eigenvalue weighted by molar-refractivity contribution is 0.414. The van der Waals surface area contributed by atoms with Crippen LogP contribution in [0.1, 0.15) is 18.4 Å². The molecule has 1 aromatic carbocycles. The summed E-state index contributed by atoms with van der Waals surface area (Å²) in [7, 11) is 1.70. The summed E-state index contributed by atoms with van der Waals surface area (Å²) in [6.45, 7) is 0. The van der Waals surface area contributed by atoms with Crippen molar-refractivity contribution in [3.63, 3.8) is 0 Å². The van der Waals surface area contributed by atoms with Crippen LogP contribution in [0.3, 0.4) is 0 Å². The summed E-state index contributed by atoms with van der Waals surface area (Å²) in [5.74, 6) is 0.945. The van der Waals surface area contributed by atoms with Crippen LogP contribution in [0.2, 0.25) is 0 Å². The number of rotatable bonds is 2. The average molecular weight is 160 g/mol. The van der Waals surface area contributed by atoms with Gasteiger partial charge in [0.15, 0.2) is 0 Å². The van der Waals surface area contributed by atoms with Crippen molar-refractivity contribution in [2.75, 3.05) is 7.11 Å². The average Bonchev–Trinajstić information content (AvgIpc) is 2.02. The quantitative estimate of drug-likeness (QED) is 0.646. The molecule has 1 aliphatic rings. The van der Waals surface area contributed by atoms with Crippen LogP contribution in [-0.4, -0.2) is 7.11 Å². The van der Waals surface area contributed by atoms with E-state index in [1.807, 2.05) is 12.1 Å². The molecule has 1 heteroatoms. The molecule has 0 saturated carbocycles. The number of hydrogen-bond acceptors (Lipinski definition) is 1. The zero-order valence-electron chi connectivity index (χ0n) is 7.21. The van der Waals surface area contributed by atoms with Crippen LogP contribution < -0.4 is 4.74 Å². The Morgan fingerprint density at radius 1 is 1.33 bits per heavy atom. The van der Waals surface area contributed by atoms with E-state index in [0.717, 1.165) is 5.75 Å². The Balaban J connectivity index is 2.32. The van der Waals surface area contributed by atoms with Crippen molar-refractivity contribution in [2.45, 2.75) is 12.8 Å². The van der Waals surface area contributed by atoms with E-state index in [4.69, 9.17) is 4.74 Å². The lowest BCUT2D eigenvalue weighted by Gasteiger charge is -2.14. The molecule has 0 N–H and O–H groups in total. The minimum atomic E-state index is 0.945. The first-order valence-corrected chi connectivity index (χ1v) is 4.23. The van der Waals surface area contributed by atoms with Crippen LogP contribution in [0.5, 0.6) is 5.75 Å². The van der Waals surface area contributed by atoms with Crippen molar-refractivity contribution in [1.29, 1.82) is 0 Å². The number of allylic oxidation sites excluding steroid dienone is 2. The minimum absolute atomic E-state index is 0.945. The van der Waals surface area contributed by atoms with Gasteiger partial charge in [0.1, 0.15) is 5.75 Å². The van der Waals surface area contributed by atoms with Gasteiger partial charge in [0.25, 0.3) is 0 Å². The summed E-state index contributed by atoms with van der Waals surface area (Å²) in [4.78, 5) is 0. The molecule has 1 nitrogen and oxygen atoms in total. The molecule has 0 saturated heterocycles. The molecule has 12 heavy (non-hydrogen) atoms. The SMILES string of the molecule is COc1cccc(C2=CCC2)c1. The maximum atomic E-state index is 5.15. The fraction of sp³-hybridized carbons (Fsp3) is 0.273. The largest absolute Gasteiger partial charge is 0.497 e. The monoisotopic (exact) mass is 160 g/mol. The van der Waals surface area contributed by atoms with Gasteiger partial charge in [-0.3, -0.25) is 0 Å². The number of methoxy groups -OCH3 is 1. The summed E-state index contributed by atoms with van der Waals surface area (Å²) < 4.78 is 5.15. The summed E-state index contributed by atoms with van der Waals surface area (Å²) >= 11 is 0. The van der Waals surface area contributed by atoms with Gasteiger partial charge in [-0.25, -0.2) is 0 Å². The van der Waals surface area contributed by atoms with Crippen LogP contribution in [0.25, 0.3) is 5.57 Å². The van der Waals surface area contributed by atoms with Gasteiger partial charge in [-0.05, 0) is 36.1 Å². The number of hydrogen-bond donors (Lipinski definition) is 0. The van der Waals surface area contributed by atoms with Gasteiger partial charge < -0.3 is 4.74 Å². The van der Waals surface area contributed by atoms with Crippen molar-refractivity contribution in [3.8, 4) is 5.75 Å². The fourth-order valence-electron chi connectivity index (χ4n) is 1.37. The third kappa shape index (κ3) is 1.22. The molecule has 2 rings (SSSR count). The first-order chi connectivity index (χ1) is 5.90. The van der Waals surface area contributed by atoms with E-state index in [2.05, 4.69) is 18.2 Å². The van der Waals surface area contributed by atoms with Gasteiger partial charge in [-0.15, -0.1) is 0 Å². The van der Waals surface area contributed by atoms with Gasteiger partial charge in [0, 0.05) is 0 Å². The summed E-state index contributed by atoms with van der Waals surface area (Å²) in [5, 5.41) is 0. The summed E-state index contributed by atoms with van der Waals surface area (Å²) in [6.07, 6.45) is 4.72. The molecule has 0 fully saturated rings. The van der Waals surface area contributed by atoms with E-state index in [-0.39, 0.29) is 0 Å². The van der Waals surface area contributed by atoms with Gasteiger partial charge in [-0.1, -0.05) is 18.2 Å². The molecule has 62 valence electrons. The Morgan fingerprint density at radius 3 is 2.75 bits per heavy atom. The highest BCUT2D eigenvalue weighted by molar-refractivity contribution is 5.70. The van der Waals surface area contributed by atoms with Crippen LogP contribution in [0.4, 0.5) is 0 Å². The second-order valence-electron chi connectivity index (χ2n) is 3.00. The minimum Gasteiger partial charge on any atom is -0.497 e. The lowest BCUT2D eigenvalue weighted by Crippen LogP contribution is -1.93. The van der Waals surface area contributed by atoms with Crippen LogP contribution in [-0.2, 0) is 0 Å².